The van der Waals surface area contributed by atoms with Crippen LogP contribution >= 0.6 is 0 Å². The lowest BCUT2D eigenvalue weighted by molar-refractivity contribution is -0.130. The average molecular weight is 318 g/mol. The van der Waals surface area contributed by atoms with Gasteiger partial charge < -0.3 is 14.7 Å². The molecule has 6 heteroatoms. The van der Waals surface area contributed by atoms with Gasteiger partial charge in [0.1, 0.15) is 5.69 Å². The summed E-state index contributed by atoms with van der Waals surface area (Å²) in [5.41, 5.74) is 1.49. The molecule has 0 unspecified atom stereocenters. The molecule has 0 N–H and O–H groups in total. The van der Waals surface area contributed by atoms with Crippen LogP contribution in [-0.4, -0.2) is 66.4 Å². The molecule has 2 amide bonds. The summed E-state index contributed by atoms with van der Waals surface area (Å²) in [5.74, 6) is 0.00807. The van der Waals surface area contributed by atoms with E-state index >= 15 is 0 Å². The van der Waals surface area contributed by atoms with Gasteiger partial charge in [0, 0.05) is 58.6 Å². The summed E-state index contributed by atoms with van der Waals surface area (Å²) in [6.45, 7) is 7.01. The minimum absolute atomic E-state index is 0.0565. The zero-order chi connectivity index (χ0) is 16.8. The quantitative estimate of drug-likeness (QED) is 0.828. The number of nitrogens with zero attached hydrogens (tertiary/aromatic N) is 4. The molecular formula is C17H26N4O2. The topological polar surface area (TPSA) is 56.8 Å². The number of pyridine rings is 1. The van der Waals surface area contributed by atoms with Crippen LogP contribution in [0.4, 0.5) is 5.69 Å². The second-order valence-corrected chi connectivity index (χ2v) is 5.97. The molecule has 23 heavy (non-hydrogen) atoms. The van der Waals surface area contributed by atoms with E-state index in [2.05, 4.69) is 16.8 Å². The van der Waals surface area contributed by atoms with Crippen molar-refractivity contribution in [2.24, 2.45) is 0 Å². The SMILES string of the molecule is CCCCN(C)c1ccnc(C(=O)N2CCN(C(C)=O)CC2)c1. The van der Waals surface area contributed by atoms with Crippen molar-refractivity contribution in [2.75, 3.05) is 44.7 Å². The van der Waals surface area contributed by atoms with Gasteiger partial charge in [0.25, 0.3) is 5.91 Å². The maximum atomic E-state index is 12.6. The van der Waals surface area contributed by atoms with Crippen LogP contribution in [0.25, 0.3) is 0 Å². The lowest BCUT2D eigenvalue weighted by Gasteiger charge is -2.34. The molecule has 1 aliphatic heterocycles. The summed E-state index contributed by atoms with van der Waals surface area (Å²) >= 11 is 0. The monoisotopic (exact) mass is 318 g/mol. The summed E-state index contributed by atoms with van der Waals surface area (Å²) < 4.78 is 0. The van der Waals surface area contributed by atoms with E-state index in [0.717, 1.165) is 25.1 Å². The van der Waals surface area contributed by atoms with E-state index in [1.165, 1.54) is 0 Å². The van der Waals surface area contributed by atoms with Gasteiger partial charge in [-0.1, -0.05) is 13.3 Å². The van der Waals surface area contributed by atoms with Gasteiger partial charge in [-0.15, -0.1) is 0 Å². The van der Waals surface area contributed by atoms with Crippen molar-refractivity contribution in [3.63, 3.8) is 0 Å². The summed E-state index contributed by atoms with van der Waals surface area (Å²) in [6.07, 6.45) is 3.95. The maximum absolute atomic E-state index is 12.6. The summed E-state index contributed by atoms with van der Waals surface area (Å²) in [6, 6.07) is 3.79. The molecule has 2 heterocycles. The van der Waals surface area contributed by atoms with Gasteiger partial charge in [-0.2, -0.15) is 0 Å². The van der Waals surface area contributed by atoms with Gasteiger partial charge in [0.15, 0.2) is 0 Å². The Kier molecular flexibility index (Phi) is 5.96. The molecule has 1 fully saturated rings. The fourth-order valence-electron chi connectivity index (χ4n) is 2.68. The van der Waals surface area contributed by atoms with Crippen molar-refractivity contribution in [3.8, 4) is 0 Å². The van der Waals surface area contributed by atoms with E-state index in [9.17, 15) is 9.59 Å². The molecule has 0 aliphatic carbocycles. The Morgan fingerprint density at radius 2 is 1.87 bits per heavy atom. The van der Waals surface area contributed by atoms with Crippen LogP contribution in [0.2, 0.25) is 0 Å². The molecule has 0 spiro atoms. The van der Waals surface area contributed by atoms with Crippen LogP contribution in [0.15, 0.2) is 18.3 Å². The summed E-state index contributed by atoms with van der Waals surface area (Å²) in [4.78, 5) is 33.9. The van der Waals surface area contributed by atoms with Crippen LogP contribution in [0, 0.1) is 0 Å². The standard InChI is InChI=1S/C17H26N4O2/c1-4-5-8-19(3)15-6-7-18-16(13-15)17(23)21-11-9-20(10-12-21)14(2)22/h6-7,13H,4-5,8-12H2,1-3H3. The largest absolute Gasteiger partial charge is 0.374 e. The third kappa shape index (κ3) is 4.43. The van der Waals surface area contributed by atoms with Crippen LogP contribution in [-0.2, 0) is 4.79 Å². The van der Waals surface area contributed by atoms with E-state index in [1.54, 1.807) is 22.9 Å². The second-order valence-electron chi connectivity index (χ2n) is 5.97. The molecule has 2 rings (SSSR count). The Hall–Kier alpha value is -2.11. The van der Waals surface area contributed by atoms with E-state index in [0.29, 0.717) is 31.9 Å². The van der Waals surface area contributed by atoms with Crippen molar-refractivity contribution in [2.45, 2.75) is 26.7 Å². The Labute approximate surface area is 138 Å². The molecule has 1 aromatic heterocycles. The van der Waals surface area contributed by atoms with Gasteiger partial charge in [-0.05, 0) is 18.6 Å². The lowest BCUT2D eigenvalue weighted by Crippen LogP contribution is -2.50. The number of piperazine rings is 1. The van der Waals surface area contributed by atoms with Crippen molar-refractivity contribution in [1.29, 1.82) is 0 Å². The Balaban J connectivity index is 2.01. The van der Waals surface area contributed by atoms with Gasteiger partial charge in [0.05, 0.1) is 0 Å². The first-order valence-electron chi connectivity index (χ1n) is 8.25. The maximum Gasteiger partial charge on any atom is 0.272 e. The van der Waals surface area contributed by atoms with E-state index in [-0.39, 0.29) is 11.8 Å². The number of amides is 2. The smallest absolute Gasteiger partial charge is 0.272 e. The second kappa shape index (κ2) is 7.94. The fraction of sp³-hybridized carbons (Fsp3) is 0.588. The molecule has 1 aliphatic rings. The molecule has 126 valence electrons. The third-order valence-corrected chi connectivity index (χ3v) is 4.26. The molecule has 0 atom stereocenters. The highest BCUT2D eigenvalue weighted by Gasteiger charge is 2.24. The first-order valence-corrected chi connectivity index (χ1v) is 8.25. The van der Waals surface area contributed by atoms with Gasteiger partial charge in [-0.25, -0.2) is 0 Å². The zero-order valence-electron chi connectivity index (χ0n) is 14.3. The predicted octanol–water partition coefficient (Wildman–Crippen LogP) is 1.62. The van der Waals surface area contributed by atoms with Crippen LogP contribution in [0.3, 0.4) is 0 Å². The van der Waals surface area contributed by atoms with Gasteiger partial charge in [-0.3, -0.25) is 14.6 Å². The Morgan fingerprint density at radius 3 is 2.48 bits per heavy atom. The molecule has 0 aromatic carbocycles. The van der Waals surface area contributed by atoms with Gasteiger partial charge >= 0.3 is 0 Å². The number of carbonyl (C=O) groups is 2. The average Bonchev–Trinajstić information content (AvgIpc) is 2.59. The first-order chi connectivity index (χ1) is 11.0. The summed E-state index contributed by atoms with van der Waals surface area (Å²) in [7, 11) is 2.03. The number of unbranched alkanes of at least 4 members (excludes halogenated alkanes) is 1. The number of anilines is 1. The Morgan fingerprint density at radius 1 is 1.22 bits per heavy atom. The zero-order valence-corrected chi connectivity index (χ0v) is 14.3. The molecule has 0 bridgehead atoms. The number of aromatic nitrogens is 1. The predicted molar refractivity (Wildman–Crippen MR) is 90.6 cm³/mol. The minimum atomic E-state index is -0.0565. The van der Waals surface area contributed by atoms with Crippen molar-refractivity contribution in [3.05, 3.63) is 24.0 Å². The highest BCUT2D eigenvalue weighted by Crippen LogP contribution is 2.15. The van der Waals surface area contributed by atoms with Gasteiger partial charge in [0.2, 0.25) is 5.91 Å². The molecule has 1 aromatic rings. The number of hydrogen-bond acceptors (Lipinski definition) is 4. The highest BCUT2D eigenvalue weighted by molar-refractivity contribution is 5.93. The van der Waals surface area contributed by atoms with E-state index < -0.39 is 0 Å². The lowest BCUT2D eigenvalue weighted by atomic mass is 10.2. The molecule has 1 saturated heterocycles. The minimum Gasteiger partial charge on any atom is -0.374 e. The van der Waals surface area contributed by atoms with Crippen LogP contribution < -0.4 is 4.90 Å². The van der Waals surface area contributed by atoms with Crippen LogP contribution in [0.5, 0.6) is 0 Å². The first kappa shape index (κ1) is 17.2. The molecular weight excluding hydrogens is 292 g/mol. The van der Waals surface area contributed by atoms with Crippen molar-refractivity contribution < 1.29 is 9.59 Å². The number of hydrogen-bond donors (Lipinski definition) is 0. The highest BCUT2D eigenvalue weighted by atomic mass is 16.2. The molecule has 6 nitrogen and oxygen atoms in total. The third-order valence-electron chi connectivity index (χ3n) is 4.26. The molecule has 0 radical (unpaired) electrons. The number of rotatable bonds is 5. The normalized spacial score (nSPS) is 14.7. The van der Waals surface area contributed by atoms with Crippen molar-refractivity contribution in [1.82, 2.24) is 14.8 Å². The Bertz CT molecular complexity index is 553. The number of carbonyl (C=O) groups excluding carboxylic acids is 2. The molecule has 0 saturated carbocycles. The van der Waals surface area contributed by atoms with Crippen LogP contribution in [0.1, 0.15) is 37.2 Å². The van der Waals surface area contributed by atoms with E-state index in [4.69, 9.17) is 0 Å². The fourth-order valence-corrected chi connectivity index (χ4v) is 2.68. The van der Waals surface area contributed by atoms with Crippen molar-refractivity contribution >= 4 is 17.5 Å². The van der Waals surface area contributed by atoms with E-state index in [1.807, 2.05) is 19.2 Å². The summed E-state index contributed by atoms with van der Waals surface area (Å²) in [5, 5.41) is 0.